The fourth-order valence-corrected chi connectivity index (χ4v) is 2.56. The number of ketones is 1. The smallest absolute Gasteiger partial charge is 0.155 e. The minimum Gasteiger partial charge on any atom is -0.295 e. The van der Waals surface area contributed by atoms with Gasteiger partial charge >= 0.3 is 0 Å². The molecule has 0 aromatic carbocycles. The van der Waals surface area contributed by atoms with Gasteiger partial charge < -0.3 is 0 Å². The van der Waals surface area contributed by atoms with Gasteiger partial charge in [-0.05, 0) is 30.8 Å². The van der Waals surface area contributed by atoms with E-state index in [-0.39, 0.29) is 5.41 Å². The van der Waals surface area contributed by atoms with Crippen LogP contribution in [0.25, 0.3) is 0 Å². The van der Waals surface area contributed by atoms with E-state index in [4.69, 9.17) is 0 Å². The second-order valence-corrected chi connectivity index (χ2v) is 6.04. The van der Waals surface area contributed by atoms with Crippen molar-refractivity contribution in [3.05, 3.63) is 11.6 Å². The van der Waals surface area contributed by atoms with Crippen LogP contribution >= 0.6 is 0 Å². The molecule has 0 unspecified atom stereocenters. The molecular weight excluding hydrogens is 208 g/mol. The Morgan fingerprint density at radius 3 is 2.47 bits per heavy atom. The zero-order valence-corrected chi connectivity index (χ0v) is 11.8. The van der Waals surface area contributed by atoms with E-state index in [0.717, 1.165) is 19.3 Å². The van der Waals surface area contributed by atoms with Gasteiger partial charge in [-0.15, -0.1) is 0 Å². The fraction of sp³-hybridized carbons (Fsp3) is 0.812. The molecule has 0 saturated carbocycles. The molecule has 98 valence electrons. The third kappa shape index (κ3) is 5.06. The zero-order valence-electron chi connectivity index (χ0n) is 11.8. The first-order chi connectivity index (χ1) is 8.06. The number of allylic oxidation sites excluding steroid dienone is 2. The second-order valence-electron chi connectivity index (χ2n) is 6.04. The maximum Gasteiger partial charge on any atom is 0.155 e. The molecule has 1 nitrogen and oxygen atoms in total. The van der Waals surface area contributed by atoms with Gasteiger partial charge in [0.25, 0.3) is 0 Å². The summed E-state index contributed by atoms with van der Waals surface area (Å²) in [5.41, 5.74) is 1.65. The van der Waals surface area contributed by atoms with Crippen LogP contribution in [0.1, 0.15) is 78.6 Å². The van der Waals surface area contributed by atoms with E-state index in [2.05, 4.69) is 20.8 Å². The minimum atomic E-state index is 0.261. The van der Waals surface area contributed by atoms with Gasteiger partial charge in [-0.1, -0.05) is 58.4 Å². The van der Waals surface area contributed by atoms with Gasteiger partial charge in [0.2, 0.25) is 0 Å². The number of unbranched alkanes of at least 4 members (excludes halogenated alkanes) is 5. The lowest BCUT2D eigenvalue weighted by atomic mass is 9.73. The van der Waals surface area contributed by atoms with Crippen molar-refractivity contribution >= 4 is 5.78 Å². The number of hydrogen-bond acceptors (Lipinski definition) is 1. The summed E-state index contributed by atoms with van der Waals surface area (Å²) in [5, 5.41) is 0. The molecule has 1 aliphatic rings. The molecule has 0 spiro atoms. The van der Waals surface area contributed by atoms with E-state index < -0.39 is 0 Å². The predicted octanol–water partition coefficient (Wildman–Crippen LogP) is 5.05. The summed E-state index contributed by atoms with van der Waals surface area (Å²) in [5.74, 6) is 0.338. The maximum atomic E-state index is 11.5. The summed E-state index contributed by atoms with van der Waals surface area (Å²) in [6.07, 6.45) is 12.8. The second kappa shape index (κ2) is 6.98. The van der Waals surface area contributed by atoms with E-state index in [1.54, 1.807) is 0 Å². The predicted molar refractivity (Wildman–Crippen MR) is 74.1 cm³/mol. The standard InChI is InChI=1S/C16H28O/c1-4-5-6-7-8-9-10-14-13-15(17)11-12-16(14,2)3/h13H,4-12H2,1-3H3. The average Bonchev–Trinajstić information content (AvgIpc) is 2.28. The van der Waals surface area contributed by atoms with Crippen LogP contribution in [0, 0.1) is 5.41 Å². The first-order valence-electron chi connectivity index (χ1n) is 7.30. The van der Waals surface area contributed by atoms with Crippen molar-refractivity contribution in [2.24, 2.45) is 5.41 Å². The summed E-state index contributed by atoms with van der Waals surface area (Å²) in [4.78, 5) is 11.5. The van der Waals surface area contributed by atoms with Crippen LogP contribution < -0.4 is 0 Å². The highest BCUT2D eigenvalue weighted by atomic mass is 16.1. The lowest BCUT2D eigenvalue weighted by Gasteiger charge is -2.31. The Kier molecular flexibility index (Phi) is 5.94. The van der Waals surface area contributed by atoms with Crippen LogP contribution in [0.3, 0.4) is 0 Å². The summed E-state index contributed by atoms with van der Waals surface area (Å²) < 4.78 is 0. The van der Waals surface area contributed by atoms with Gasteiger partial charge in [0.1, 0.15) is 0 Å². The normalized spacial score (nSPS) is 19.2. The highest BCUT2D eigenvalue weighted by Crippen LogP contribution is 2.38. The van der Waals surface area contributed by atoms with Crippen LogP contribution in [-0.2, 0) is 4.79 Å². The molecule has 0 saturated heterocycles. The topological polar surface area (TPSA) is 17.1 Å². The molecule has 0 aromatic heterocycles. The quantitative estimate of drug-likeness (QED) is 0.565. The summed E-state index contributed by atoms with van der Waals surface area (Å²) in [6, 6.07) is 0. The molecule has 0 N–H and O–H groups in total. The highest BCUT2D eigenvalue weighted by molar-refractivity contribution is 5.91. The summed E-state index contributed by atoms with van der Waals surface area (Å²) in [7, 11) is 0. The van der Waals surface area contributed by atoms with E-state index >= 15 is 0 Å². The van der Waals surface area contributed by atoms with Crippen LogP contribution in [0.5, 0.6) is 0 Å². The Morgan fingerprint density at radius 1 is 1.12 bits per heavy atom. The van der Waals surface area contributed by atoms with Crippen LogP contribution in [0.15, 0.2) is 11.6 Å². The monoisotopic (exact) mass is 236 g/mol. The Morgan fingerprint density at radius 2 is 1.76 bits per heavy atom. The largest absolute Gasteiger partial charge is 0.295 e. The first kappa shape index (κ1) is 14.5. The van der Waals surface area contributed by atoms with Gasteiger partial charge in [-0.3, -0.25) is 4.79 Å². The van der Waals surface area contributed by atoms with Gasteiger partial charge in [-0.25, -0.2) is 0 Å². The fourth-order valence-electron chi connectivity index (χ4n) is 2.56. The molecule has 0 radical (unpaired) electrons. The first-order valence-corrected chi connectivity index (χ1v) is 7.30. The molecule has 0 aromatic rings. The highest BCUT2D eigenvalue weighted by Gasteiger charge is 2.27. The van der Waals surface area contributed by atoms with Crippen molar-refractivity contribution in [2.45, 2.75) is 78.6 Å². The van der Waals surface area contributed by atoms with Crippen LogP contribution in [0.2, 0.25) is 0 Å². The third-order valence-electron chi connectivity index (χ3n) is 4.00. The van der Waals surface area contributed by atoms with Gasteiger partial charge in [0, 0.05) is 6.42 Å². The number of carbonyl (C=O) groups is 1. The van der Waals surface area contributed by atoms with E-state index in [1.165, 1.54) is 44.1 Å². The number of rotatable bonds is 7. The lowest BCUT2D eigenvalue weighted by Crippen LogP contribution is -2.22. The minimum absolute atomic E-state index is 0.261. The van der Waals surface area contributed by atoms with Crippen LogP contribution in [0.4, 0.5) is 0 Å². The number of carbonyl (C=O) groups excluding carboxylic acids is 1. The third-order valence-corrected chi connectivity index (χ3v) is 4.00. The lowest BCUT2D eigenvalue weighted by molar-refractivity contribution is -0.115. The van der Waals surface area contributed by atoms with E-state index in [9.17, 15) is 4.79 Å². The van der Waals surface area contributed by atoms with Crippen molar-refractivity contribution in [3.8, 4) is 0 Å². The molecule has 0 aliphatic heterocycles. The maximum absolute atomic E-state index is 11.5. The Bertz CT molecular complexity index is 273. The molecule has 17 heavy (non-hydrogen) atoms. The zero-order chi connectivity index (χ0) is 12.7. The molecule has 0 amide bonds. The molecular formula is C16H28O. The SMILES string of the molecule is CCCCCCCCC1=CC(=O)CCC1(C)C. The Balaban J connectivity index is 2.27. The van der Waals surface area contributed by atoms with Crippen molar-refractivity contribution in [2.75, 3.05) is 0 Å². The molecule has 1 heteroatoms. The van der Waals surface area contributed by atoms with Crippen LogP contribution in [-0.4, -0.2) is 5.78 Å². The molecule has 1 rings (SSSR count). The van der Waals surface area contributed by atoms with Crippen molar-refractivity contribution in [1.29, 1.82) is 0 Å². The number of hydrogen-bond donors (Lipinski definition) is 0. The molecule has 0 bridgehead atoms. The summed E-state index contributed by atoms with van der Waals surface area (Å²) >= 11 is 0. The molecule has 0 fully saturated rings. The van der Waals surface area contributed by atoms with Crippen molar-refractivity contribution in [1.82, 2.24) is 0 Å². The van der Waals surface area contributed by atoms with E-state index in [1.807, 2.05) is 6.08 Å². The van der Waals surface area contributed by atoms with Gasteiger partial charge in [-0.2, -0.15) is 0 Å². The Hall–Kier alpha value is -0.590. The van der Waals surface area contributed by atoms with Gasteiger partial charge in [0.15, 0.2) is 5.78 Å². The van der Waals surface area contributed by atoms with E-state index in [0.29, 0.717) is 5.78 Å². The summed E-state index contributed by atoms with van der Waals surface area (Å²) in [6.45, 7) is 6.81. The molecule has 1 aliphatic carbocycles. The molecule has 0 atom stereocenters. The van der Waals surface area contributed by atoms with Crippen molar-refractivity contribution in [3.63, 3.8) is 0 Å². The Labute approximate surface area is 107 Å². The van der Waals surface area contributed by atoms with Crippen molar-refractivity contribution < 1.29 is 4.79 Å². The average molecular weight is 236 g/mol. The molecule has 0 heterocycles. The van der Waals surface area contributed by atoms with Gasteiger partial charge in [0.05, 0.1) is 0 Å².